The summed E-state index contributed by atoms with van der Waals surface area (Å²) in [6, 6.07) is 25.8. The molecule has 33 heavy (non-hydrogen) atoms. The number of carbonyl (C=O) groups is 2. The van der Waals surface area contributed by atoms with Crippen molar-refractivity contribution < 1.29 is 14.3 Å². The van der Waals surface area contributed by atoms with Crippen LogP contribution in [0.3, 0.4) is 0 Å². The van der Waals surface area contributed by atoms with Crippen molar-refractivity contribution in [3.05, 3.63) is 90.0 Å². The van der Waals surface area contributed by atoms with Crippen molar-refractivity contribution in [2.75, 3.05) is 30.8 Å². The zero-order valence-corrected chi connectivity index (χ0v) is 18.5. The van der Waals surface area contributed by atoms with Gasteiger partial charge in [0.2, 0.25) is 5.91 Å². The Morgan fingerprint density at radius 3 is 2.33 bits per heavy atom. The van der Waals surface area contributed by atoms with E-state index in [9.17, 15) is 9.59 Å². The van der Waals surface area contributed by atoms with Crippen molar-refractivity contribution in [2.24, 2.45) is 0 Å². The molecule has 2 N–H and O–H groups in total. The summed E-state index contributed by atoms with van der Waals surface area (Å²) in [4.78, 5) is 26.8. The zero-order valence-electron chi connectivity index (χ0n) is 18.5. The smallest absolute Gasteiger partial charge is 0.255 e. The molecule has 0 saturated heterocycles. The first-order chi connectivity index (χ1) is 16.1. The molecule has 0 heterocycles. The first kappa shape index (κ1) is 23.5. The van der Waals surface area contributed by atoms with Gasteiger partial charge in [-0.3, -0.25) is 14.5 Å². The van der Waals surface area contributed by atoms with Crippen molar-refractivity contribution in [1.82, 2.24) is 4.90 Å². The number of hydrogen-bond donors (Lipinski definition) is 2. The highest BCUT2D eigenvalue weighted by atomic mass is 16.5. The van der Waals surface area contributed by atoms with Gasteiger partial charge in [-0.15, -0.1) is 0 Å². The number of nitrogens with zero attached hydrogens (tertiary/aromatic N) is 2. The molecule has 3 aromatic carbocycles. The van der Waals surface area contributed by atoms with Crippen molar-refractivity contribution in [3.8, 4) is 11.8 Å². The van der Waals surface area contributed by atoms with Gasteiger partial charge >= 0.3 is 0 Å². The molecule has 0 unspecified atom stereocenters. The number of anilines is 2. The van der Waals surface area contributed by atoms with Crippen LogP contribution in [0.2, 0.25) is 0 Å². The Bertz CT molecular complexity index is 1110. The number of benzene rings is 3. The van der Waals surface area contributed by atoms with Crippen molar-refractivity contribution in [3.63, 3.8) is 0 Å². The molecule has 0 bridgehead atoms. The second kappa shape index (κ2) is 12.0. The average molecular weight is 443 g/mol. The largest absolute Gasteiger partial charge is 0.495 e. The minimum atomic E-state index is -0.273. The van der Waals surface area contributed by atoms with E-state index in [0.29, 0.717) is 35.8 Å². The predicted octanol–water partition coefficient (Wildman–Crippen LogP) is 4.30. The predicted molar refractivity (Wildman–Crippen MR) is 128 cm³/mol. The van der Waals surface area contributed by atoms with Gasteiger partial charge < -0.3 is 15.4 Å². The summed E-state index contributed by atoms with van der Waals surface area (Å²) in [6.45, 7) is 1.32. The van der Waals surface area contributed by atoms with Crippen molar-refractivity contribution >= 4 is 23.2 Å². The van der Waals surface area contributed by atoms with Gasteiger partial charge in [0.05, 0.1) is 25.4 Å². The normalized spacial score (nSPS) is 10.3. The van der Waals surface area contributed by atoms with Crippen LogP contribution in [0.4, 0.5) is 11.4 Å². The molecule has 0 spiro atoms. The molecule has 0 radical (unpaired) electrons. The molecular formula is C26H26N4O3. The Morgan fingerprint density at radius 2 is 1.64 bits per heavy atom. The lowest BCUT2D eigenvalue weighted by atomic mass is 10.1. The molecule has 0 aliphatic rings. The number of ether oxygens (including phenoxy) is 1. The second-order valence-corrected chi connectivity index (χ2v) is 7.38. The van der Waals surface area contributed by atoms with E-state index in [4.69, 9.17) is 10.00 Å². The Hall–Kier alpha value is -4.15. The molecule has 7 heteroatoms. The van der Waals surface area contributed by atoms with Crippen LogP contribution in [-0.2, 0) is 11.3 Å². The topological polar surface area (TPSA) is 94.5 Å². The van der Waals surface area contributed by atoms with E-state index < -0.39 is 0 Å². The maximum atomic E-state index is 12.5. The summed E-state index contributed by atoms with van der Waals surface area (Å²) in [6.07, 6.45) is 0.255. The quantitative estimate of drug-likeness (QED) is 0.457. The third kappa shape index (κ3) is 7.20. The molecule has 0 fully saturated rings. The molecule has 0 aromatic heterocycles. The third-order valence-electron chi connectivity index (χ3n) is 4.98. The highest BCUT2D eigenvalue weighted by Gasteiger charge is 2.11. The van der Waals surface area contributed by atoms with Crippen LogP contribution in [0, 0.1) is 11.3 Å². The van der Waals surface area contributed by atoms with Crippen molar-refractivity contribution in [2.45, 2.75) is 13.0 Å². The maximum Gasteiger partial charge on any atom is 0.255 e. The summed E-state index contributed by atoms with van der Waals surface area (Å²) < 4.78 is 5.25. The lowest BCUT2D eigenvalue weighted by Gasteiger charge is -2.19. The van der Waals surface area contributed by atoms with Gasteiger partial charge in [0.15, 0.2) is 0 Å². The van der Waals surface area contributed by atoms with E-state index >= 15 is 0 Å². The van der Waals surface area contributed by atoms with Crippen LogP contribution >= 0.6 is 0 Å². The summed E-state index contributed by atoms with van der Waals surface area (Å²) >= 11 is 0. The Labute approximate surface area is 193 Å². The van der Waals surface area contributed by atoms with Gasteiger partial charge in [-0.25, -0.2) is 0 Å². The fraction of sp³-hybridized carbons (Fsp3) is 0.192. The third-order valence-corrected chi connectivity index (χ3v) is 4.98. The van der Waals surface area contributed by atoms with Crippen LogP contribution in [0.25, 0.3) is 0 Å². The van der Waals surface area contributed by atoms with E-state index in [-0.39, 0.29) is 24.8 Å². The highest BCUT2D eigenvalue weighted by molar-refractivity contribution is 6.05. The van der Waals surface area contributed by atoms with Crippen LogP contribution in [0.15, 0.2) is 78.9 Å². The molecule has 3 rings (SSSR count). The zero-order chi connectivity index (χ0) is 23.5. The molecule has 3 aromatic rings. The summed E-state index contributed by atoms with van der Waals surface area (Å²) in [7, 11) is 1.55. The van der Waals surface area contributed by atoms with Gasteiger partial charge in [0.25, 0.3) is 5.91 Å². The number of nitriles is 1. The molecule has 7 nitrogen and oxygen atoms in total. The number of hydrogen-bond acceptors (Lipinski definition) is 5. The standard InChI is InChI=1S/C26H26N4O3/c1-33-24-10-6-5-9-23(24)29-26(32)21-11-13-22(14-12-21)28-25(31)15-17-30(18-16-27)19-20-7-3-2-4-8-20/h2-14H,15,17-19H2,1H3,(H,28,31)(H,29,32). The Kier molecular flexibility index (Phi) is 8.57. The molecule has 2 amide bonds. The Morgan fingerprint density at radius 1 is 0.939 bits per heavy atom. The molecule has 168 valence electrons. The van der Waals surface area contributed by atoms with E-state index in [1.807, 2.05) is 47.4 Å². The van der Waals surface area contributed by atoms with Gasteiger partial charge in [0, 0.05) is 30.8 Å². The van der Waals surface area contributed by atoms with E-state index in [1.165, 1.54) is 0 Å². The number of para-hydroxylation sites is 2. The molecule has 0 aliphatic carbocycles. The summed E-state index contributed by atoms with van der Waals surface area (Å²) in [5, 5.41) is 14.7. The summed E-state index contributed by atoms with van der Waals surface area (Å²) in [5.74, 6) is 0.148. The van der Waals surface area contributed by atoms with E-state index in [0.717, 1.165) is 5.56 Å². The second-order valence-electron chi connectivity index (χ2n) is 7.38. The highest BCUT2D eigenvalue weighted by Crippen LogP contribution is 2.24. The number of amides is 2. The lowest BCUT2D eigenvalue weighted by molar-refractivity contribution is -0.116. The van der Waals surface area contributed by atoms with Gasteiger partial charge in [-0.05, 0) is 42.0 Å². The maximum absolute atomic E-state index is 12.5. The molecule has 0 atom stereocenters. The minimum absolute atomic E-state index is 0.155. The minimum Gasteiger partial charge on any atom is -0.495 e. The lowest BCUT2D eigenvalue weighted by Crippen LogP contribution is -2.28. The Balaban J connectivity index is 1.51. The van der Waals surface area contributed by atoms with Crippen molar-refractivity contribution in [1.29, 1.82) is 5.26 Å². The van der Waals surface area contributed by atoms with Gasteiger partial charge in [-0.2, -0.15) is 5.26 Å². The number of nitrogens with one attached hydrogen (secondary N) is 2. The van der Waals surface area contributed by atoms with Gasteiger partial charge in [0.1, 0.15) is 5.75 Å². The van der Waals surface area contributed by atoms with Gasteiger partial charge in [-0.1, -0.05) is 42.5 Å². The van der Waals surface area contributed by atoms with E-state index in [2.05, 4.69) is 16.7 Å². The van der Waals surface area contributed by atoms with Crippen LogP contribution in [-0.4, -0.2) is 36.9 Å². The molecular weight excluding hydrogens is 416 g/mol. The van der Waals surface area contributed by atoms with E-state index in [1.54, 1.807) is 43.5 Å². The average Bonchev–Trinajstić information content (AvgIpc) is 2.84. The molecule has 0 aliphatic heterocycles. The SMILES string of the molecule is COc1ccccc1NC(=O)c1ccc(NC(=O)CCN(CC#N)Cc2ccccc2)cc1. The fourth-order valence-electron chi connectivity index (χ4n) is 3.29. The first-order valence-electron chi connectivity index (χ1n) is 10.6. The molecule has 0 saturated carbocycles. The number of methoxy groups -OCH3 is 1. The number of rotatable bonds is 10. The number of carbonyl (C=O) groups excluding carboxylic acids is 2. The fourth-order valence-corrected chi connectivity index (χ4v) is 3.29. The first-order valence-corrected chi connectivity index (χ1v) is 10.6. The van der Waals surface area contributed by atoms with Crippen LogP contribution in [0.1, 0.15) is 22.3 Å². The monoisotopic (exact) mass is 442 g/mol. The summed E-state index contributed by atoms with van der Waals surface area (Å²) in [5.41, 5.74) is 2.74. The van der Waals surface area contributed by atoms with Crippen LogP contribution < -0.4 is 15.4 Å². The van der Waals surface area contributed by atoms with Crippen LogP contribution in [0.5, 0.6) is 5.75 Å².